The molecule has 0 aromatic heterocycles. The van der Waals surface area contributed by atoms with Crippen molar-refractivity contribution in [3.8, 4) is 0 Å². The number of nitrogens with one attached hydrogen (secondary N) is 1. The van der Waals surface area contributed by atoms with Gasteiger partial charge in [-0.2, -0.15) is 0 Å². The predicted molar refractivity (Wildman–Crippen MR) is 43.9 cm³/mol. The number of carbonyl (C=O) groups excluding carboxylic acids is 1. The standard InChI is InChI=1S/C8H14N2O2/c11-8-10(4-5-12-8)6-7-2-1-3-9-7/h7,9H,1-6H2/t7-/m1/s1. The van der Waals surface area contributed by atoms with Crippen LogP contribution in [0.15, 0.2) is 0 Å². The molecule has 2 fully saturated rings. The molecule has 0 aromatic carbocycles. The minimum atomic E-state index is -0.149. The van der Waals surface area contributed by atoms with E-state index in [2.05, 4.69) is 5.32 Å². The molecule has 2 saturated heterocycles. The first-order valence-electron chi connectivity index (χ1n) is 4.51. The lowest BCUT2D eigenvalue weighted by Crippen LogP contribution is -2.37. The summed E-state index contributed by atoms with van der Waals surface area (Å²) >= 11 is 0. The van der Waals surface area contributed by atoms with Gasteiger partial charge >= 0.3 is 6.09 Å². The molecule has 0 aliphatic carbocycles. The van der Waals surface area contributed by atoms with Crippen molar-refractivity contribution >= 4 is 6.09 Å². The zero-order valence-electron chi connectivity index (χ0n) is 7.08. The number of hydrogen-bond acceptors (Lipinski definition) is 3. The van der Waals surface area contributed by atoms with Gasteiger partial charge < -0.3 is 15.0 Å². The quantitative estimate of drug-likeness (QED) is 0.643. The average molecular weight is 170 g/mol. The second-order valence-corrected chi connectivity index (χ2v) is 3.35. The lowest BCUT2D eigenvalue weighted by Gasteiger charge is -2.17. The molecule has 12 heavy (non-hydrogen) atoms. The zero-order valence-corrected chi connectivity index (χ0v) is 7.08. The third-order valence-corrected chi connectivity index (χ3v) is 2.45. The first-order chi connectivity index (χ1) is 5.86. The molecule has 2 aliphatic heterocycles. The molecule has 4 nitrogen and oxygen atoms in total. The van der Waals surface area contributed by atoms with Crippen LogP contribution in [0.3, 0.4) is 0 Å². The lowest BCUT2D eigenvalue weighted by atomic mass is 10.2. The van der Waals surface area contributed by atoms with Crippen LogP contribution in [0, 0.1) is 0 Å². The Morgan fingerprint density at radius 2 is 2.58 bits per heavy atom. The molecule has 1 amide bonds. The summed E-state index contributed by atoms with van der Waals surface area (Å²) in [6, 6.07) is 0.496. The van der Waals surface area contributed by atoms with Crippen LogP contribution in [0.25, 0.3) is 0 Å². The summed E-state index contributed by atoms with van der Waals surface area (Å²) in [6.45, 7) is 3.23. The Bertz CT molecular complexity index is 178. The van der Waals surface area contributed by atoms with Crippen LogP contribution in [-0.4, -0.2) is 43.3 Å². The van der Waals surface area contributed by atoms with E-state index >= 15 is 0 Å². The van der Waals surface area contributed by atoms with E-state index in [4.69, 9.17) is 4.74 Å². The highest BCUT2D eigenvalue weighted by molar-refractivity contribution is 5.69. The van der Waals surface area contributed by atoms with E-state index in [0.717, 1.165) is 19.6 Å². The maximum atomic E-state index is 11.0. The monoisotopic (exact) mass is 170 g/mol. The van der Waals surface area contributed by atoms with Crippen molar-refractivity contribution in [1.82, 2.24) is 10.2 Å². The molecule has 0 aromatic rings. The second-order valence-electron chi connectivity index (χ2n) is 3.35. The third kappa shape index (κ3) is 1.53. The highest BCUT2D eigenvalue weighted by atomic mass is 16.6. The molecule has 4 heteroatoms. The molecule has 2 rings (SSSR count). The Kier molecular flexibility index (Phi) is 2.17. The maximum Gasteiger partial charge on any atom is 0.409 e. The van der Waals surface area contributed by atoms with Crippen LogP contribution in [-0.2, 0) is 4.74 Å². The number of hydrogen-bond donors (Lipinski definition) is 1. The number of ether oxygens (including phenoxy) is 1. The van der Waals surface area contributed by atoms with Crippen molar-refractivity contribution in [2.24, 2.45) is 0 Å². The zero-order chi connectivity index (χ0) is 8.39. The number of cyclic esters (lactones) is 1. The molecule has 2 heterocycles. The Morgan fingerprint density at radius 3 is 3.17 bits per heavy atom. The van der Waals surface area contributed by atoms with Crippen LogP contribution < -0.4 is 5.32 Å². The van der Waals surface area contributed by atoms with Gasteiger partial charge in [0.2, 0.25) is 0 Å². The summed E-state index contributed by atoms with van der Waals surface area (Å²) in [5.74, 6) is 0. The molecule has 2 aliphatic rings. The highest BCUT2D eigenvalue weighted by Gasteiger charge is 2.25. The van der Waals surface area contributed by atoms with Crippen molar-refractivity contribution in [2.75, 3.05) is 26.2 Å². The SMILES string of the molecule is O=C1OCCN1C[C@H]1CCCN1. The predicted octanol–water partition coefficient (Wildman–Crippen LogP) is 0.191. The Morgan fingerprint density at radius 1 is 1.67 bits per heavy atom. The van der Waals surface area contributed by atoms with Crippen LogP contribution in [0.1, 0.15) is 12.8 Å². The first-order valence-corrected chi connectivity index (χ1v) is 4.51. The fourth-order valence-corrected chi connectivity index (χ4v) is 1.77. The van der Waals surface area contributed by atoms with E-state index in [1.54, 1.807) is 4.90 Å². The summed E-state index contributed by atoms with van der Waals surface area (Å²) < 4.78 is 4.83. The van der Waals surface area contributed by atoms with Crippen LogP contribution in [0.2, 0.25) is 0 Å². The Labute approximate surface area is 71.9 Å². The van der Waals surface area contributed by atoms with Gasteiger partial charge in [-0.05, 0) is 19.4 Å². The van der Waals surface area contributed by atoms with Gasteiger partial charge in [0.05, 0.1) is 6.54 Å². The molecule has 0 saturated carbocycles. The number of nitrogens with zero attached hydrogens (tertiary/aromatic N) is 1. The van der Waals surface area contributed by atoms with E-state index in [0.29, 0.717) is 12.6 Å². The van der Waals surface area contributed by atoms with Crippen molar-refractivity contribution < 1.29 is 9.53 Å². The third-order valence-electron chi connectivity index (χ3n) is 2.45. The highest BCUT2D eigenvalue weighted by Crippen LogP contribution is 2.10. The summed E-state index contributed by atoms with van der Waals surface area (Å²) in [5, 5.41) is 3.35. The minimum absolute atomic E-state index is 0.149. The number of amides is 1. The molecule has 1 N–H and O–H groups in total. The molecule has 0 unspecified atom stereocenters. The topological polar surface area (TPSA) is 41.6 Å². The van der Waals surface area contributed by atoms with E-state index < -0.39 is 0 Å². The van der Waals surface area contributed by atoms with Crippen molar-refractivity contribution in [3.05, 3.63) is 0 Å². The van der Waals surface area contributed by atoms with Crippen molar-refractivity contribution in [2.45, 2.75) is 18.9 Å². The fraction of sp³-hybridized carbons (Fsp3) is 0.875. The summed E-state index contributed by atoms with van der Waals surface area (Å²) in [5.41, 5.74) is 0. The van der Waals surface area contributed by atoms with Crippen molar-refractivity contribution in [1.29, 1.82) is 0 Å². The lowest BCUT2D eigenvalue weighted by molar-refractivity contribution is 0.156. The molecule has 0 spiro atoms. The second kappa shape index (κ2) is 3.31. The average Bonchev–Trinajstić information content (AvgIpc) is 2.65. The fourth-order valence-electron chi connectivity index (χ4n) is 1.77. The molecule has 68 valence electrons. The summed E-state index contributed by atoms with van der Waals surface area (Å²) in [7, 11) is 0. The van der Waals surface area contributed by atoms with Gasteiger partial charge in [-0.1, -0.05) is 0 Å². The molecule has 0 bridgehead atoms. The van der Waals surface area contributed by atoms with Crippen molar-refractivity contribution in [3.63, 3.8) is 0 Å². The van der Waals surface area contributed by atoms with Gasteiger partial charge in [0.1, 0.15) is 6.61 Å². The first kappa shape index (κ1) is 7.86. The summed E-state index contributed by atoms with van der Waals surface area (Å²) in [6.07, 6.45) is 2.26. The van der Waals surface area contributed by atoms with Gasteiger partial charge in [-0.15, -0.1) is 0 Å². The van der Waals surface area contributed by atoms with Crippen LogP contribution in [0.5, 0.6) is 0 Å². The van der Waals surface area contributed by atoms with Crippen LogP contribution in [0.4, 0.5) is 4.79 Å². The van der Waals surface area contributed by atoms with E-state index in [1.165, 1.54) is 12.8 Å². The Hall–Kier alpha value is -0.770. The van der Waals surface area contributed by atoms with E-state index in [1.807, 2.05) is 0 Å². The van der Waals surface area contributed by atoms with Gasteiger partial charge in [-0.25, -0.2) is 4.79 Å². The van der Waals surface area contributed by atoms with E-state index in [-0.39, 0.29) is 6.09 Å². The Balaban J connectivity index is 1.81. The minimum Gasteiger partial charge on any atom is -0.448 e. The summed E-state index contributed by atoms with van der Waals surface area (Å²) in [4.78, 5) is 12.8. The largest absolute Gasteiger partial charge is 0.448 e. The van der Waals surface area contributed by atoms with Gasteiger partial charge in [0.15, 0.2) is 0 Å². The van der Waals surface area contributed by atoms with Crippen LogP contribution >= 0.6 is 0 Å². The smallest absolute Gasteiger partial charge is 0.409 e. The molecule has 0 radical (unpaired) electrons. The van der Waals surface area contributed by atoms with Gasteiger partial charge in [-0.3, -0.25) is 0 Å². The maximum absolute atomic E-state index is 11.0. The molecular formula is C8H14N2O2. The molecule has 1 atom stereocenters. The molecular weight excluding hydrogens is 156 g/mol. The van der Waals surface area contributed by atoms with E-state index in [9.17, 15) is 4.79 Å². The van der Waals surface area contributed by atoms with Gasteiger partial charge in [0.25, 0.3) is 0 Å². The number of carbonyl (C=O) groups is 1. The number of rotatable bonds is 2. The normalized spacial score (nSPS) is 29.5. The van der Waals surface area contributed by atoms with Gasteiger partial charge in [0, 0.05) is 12.6 Å².